The molecule has 0 aliphatic heterocycles. The molecule has 0 spiro atoms. The van der Waals surface area contributed by atoms with E-state index in [9.17, 15) is 4.79 Å². The third kappa shape index (κ3) is 4.22. The lowest BCUT2D eigenvalue weighted by atomic mass is 10.2. The number of unbranched alkanes of at least 4 members (excludes halogenated alkanes) is 1. The van der Waals surface area contributed by atoms with Gasteiger partial charge < -0.3 is 21.1 Å². The number of hydrogen-bond acceptors (Lipinski definition) is 3. The molecule has 0 radical (unpaired) electrons. The Morgan fingerprint density at radius 1 is 1.47 bits per heavy atom. The zero-order valence-corrected chi connectivity index (χ0v) is 10.2. The molecule has 0 saturated carbocycles. The molecule has 1 aromatic rings. The summed E-state index contributed by atoms with van der Waals surface area (Å²) in [5.41, 5.74) is 6.88. The van der Waals surface area contributed by atoms with Crippen molar-refractivity contribution in [3.8, 4) is 5.75 Å². The fraction of sp³-hybridized carbons (Fsp3) is 0.417. The summed E-state index contributed by atoms with van der Waals surface area (Å²) in [5.74, 6) is 0.599. The van der Waals surface area contributed by atoms with Gasteiger partial charge in [0.25, 0.3) is 0 Å². The minimum Gasteiger partial charge on any atom is -0.495 e. The second kappa shape index (κ2) is 6.62. The van der Waals surface area contributed by atoms with Crippen molar-refractivity contribution >= 4 is 17.4 Å². The quantitative estimate of drug-likeness (QED) is 0.542. The molecule has 5 nitrogen and oxygen atoms in total. The molecule has 0 fully saturated rings. The van der Waals surface area contributed by atoms with E-state index in [2.05, 4.69) is 17.6 Å². The maximum absolute atomic E-state index is 11.5. The predicted molar refractivity (Wildman–Crippen MR) is 69.3 cm³/mol. The number of ether oxygens (including phenoxy) is 1. The molecule has 0 saturated heterocycles. The molecule has 0 atom stereocenters. The highest BCUT2D eigenvalue weighted by atomic mass is 16.5. The second-order valence-electron chi connectivity index (χ2n) is 3.69. The first-order chi connectivity index (χ1) is 8.17. The summed E-state index contributed by atoms with van der Waals surface area (Å²) in [7, 11) is 1.55. The van der Waals surface area contributed by atoms with Gasteiger partial charge in [0.2, 0.25) is 0 Å². The second-order valence-corrected chi connectivity index (χ2v) is 3.69. The number of nitrogens with two attached hydrogens (primary N) is 1. The maximum Gasteiger partial charge on any atom is 0.319 e. The van der Waals surface area contributed by atoms with Gasteiger partial charge in [0.05, 0.1) is 12.8 Å². The first-order valence-electron chi connectivity index (χ1n) is 5.65. The Kier molecular flexibility index (Phi) is 5.13. The highest BCUT2D eigenvalue weighted by Crippen LogP contribution is 2.24. The number of anilines is 2. The Hall–Kier alpha value is -1.91. The number of urea groups is 1. The number of methoxy groups -OCH3 is 1. The van der Waals surface area contributed by atoms with Crippen molar-refractivity contribution in [2.75, 3.05) is 24.7 Å². The minimum atomic E-state index is -0.219. The molecule has 0 bridgehead atoms. The van der Waals surface area contributed by atoms with Crippen LogP contribution in [0.5, 0.6) is 5.75 Å². The van der Waals surface area contributed by atoms with Crippen molar-refractivity contribution in [2.24, 2.45) is 0 Å². The van der Waals surface area contributed by atoms with Crippen molar-refractivity contribution in [1.29, 1.82) is 0 Å². The topological polar surface area (TPSA) is 76.4 Å². The van der Waals surface area contributed by atoms with Gasteiger partial charge in [-0.2, -0.15) is 0 Å². The third-order valence-corrected chi connectivity index (χ3v) is 2.30. The van der Waals surface area contributed by atoms with Crippen LogP contribution in [-0.2, 0) is 0 Å². The van der Waals surface area contributed by atoms with Gasteiger partial charge in [0, 0.05) is 12.2 Å². The monoisotopic (exact) mass is 237 g/mol. The van der Waals surface area contributed by atoms with E-state index in [0.29, 0.717) is 23.7 Å². The van der Waals surface area contributed by atoms with E-state index in [0.717, 1.165) is 12.8 Å². The van der Waals surface area contributed by atoms with E-state index in [1.165, 1.54) is 0 Å². The Bertz CT molecular complexity index is 380. The summed E-state index contributed by atoms with van der Waals surface area (Å²) in [4.78, 5) is 11.5. The van der Waals surface area contributed by atoms with Crippen molar-refractivity contribution in [2.45, 2.75) is 19.8 Å². The number of carbonyl (C=O) groups is 1. The van der Waals surface area contributed by atoms with Crippen LogP contribution in [0.25, 0.3) is 0 Å². The standard InChI is InChI=1S/C12H19N3O2/c1-3-4-7-14-12(16)15-9-5-6-11(17-2)10(13)8-9/h5-6,8H,3-4,7,13H2,1-2H3,(H2,14,15,16). The normalized spacial score (nSPS) is 9.76. The number of nitrogen functional groups attached to an aromatic ring is 1. The van der Waals surface area contributed by atoms with E-state index in [-0.39, 0.29) is 6.03 Å². The van der Waals surface area contributed by atoms with Gasteiger partial charge in [-0.1, -0.05) is 13.3 Å². The van der Waals surface area contributed by atoms with Crippen LogP contribution in [0.3, 0.4) is 0 Å². The summed E-state index contributed by atoms with van der Waals surface area (Å²) in [6, 6.07) is 4.91. The van der Waals surface area contributed by atoms with E-state index in [1.54, 1.807) is 25.3 Å². The summed E-state index contributed by atoms with van der Waals surface area (Å²) in [6.07, 6.45) is 2.02. The lowest BCUT2D eigenvalue weighted by Gasteiger charge is -2.09. The number of rotatable bonds is 5. The highest BCUT2D eigenvalue weighted by molar-refractivity contribution is 5.90. The number of nitrogens with one attached hydrogen (secondary N) is 2. The number of amides is 2. The smallest absolute Gasteiger partial charge is 0.319 e. The lowest BCUT2D eigenvalue weighted by molar-refractivity contribution is 0.252. The first-order valence-corrected chi connectivity index (χ1v) is 5.65. The van der Waals surface area contributed by atoms with Crippen molar-refractivity contribution < 1.29 is 9.53 Å². The molecule has 4 N–H and O–H groups in total. The fourth-order valence-electron chi connectivity index (χ4n) is 1.37. The molecule has 94 valence electrons. The molecule has 0 unspecified atom stereocenters. The van der Waals surface area contributed by atoms with Crippen molar-refractivity contribution in [3.05, 3.63) is 18.2 Å². The van der Waals surface area contributed by atoms with E-state index >= 15 is 0 Å². The molecule has 17 heavy (non-hydrogen) atoms. The average molecular weight is 237 g/mol. The maximum atomic E-state index is 11.5. The van der Waals surface area contributed by atoms with Gasteiger partial charge in [0.1, 0.15) is 5.75 Å². The Morgan fingerprint density at radius 2 is 2.24 bits per heavy atom. The molecule has 0 aliphatic carbocycles. The fourth-order valence-corrected chi connectivity index (χ4v) is 1.37. The van der Waals surface area contributed by atoms with Gasteiger partial charge >= 0.3 is 6.03 Å². The third-order valence-electron chi connectivity index (χ3n) is 2.30. The summed E-state index contributed by atoms with van der Waals surface area (Å²) in [6.45, 7) is 2.75. The largest absolute Gasteiger partial charge is 0.495 e. The van der Waals surface area contributed by atoms with E-state index < -0.39 is 0 Å². The predicted octanol–water partition coefficient (Wildman–Crippen LogP) is 2.20. The molecule has 0 aromatic heterocycles. The molecule has 2 amide bonds. The summed E-state index contributed by atoms with van der Waals surface area (Å²) in [5, 5.41) is 5.47. The molecular formula is C12H19N3O2. The van der Waals surface area contributed by atoms with Crippen LogP contribution < -0.4 is 21.1 Å². The van der Waals surface area contributed by atoms with Crippen LogP contribution in [0, 0.1) is 0 Å². The van der Waals surface area contributed by atoms with Crippen LogP contribution in [0.15, 0.2) is 18.2 Å². The number of hydrogen-bond donors (Lipinski definition) is 3. The highest BCUT2D eigenvalue weighted by Gasteiger charge is 2.03. The molecule has 1 rings (SSSR count). The lowest BCUT2D eigenvalue weighted by Crippen LogP contribution is -2.29. The SMILES string of the molecule is CCCCNC(=O)Nc1ccc(OC)c(N)c1. The number of benzene rings is 1. The van der Waals surface area contributed by atoms with Gasteiger partial charge in [0.15, 0.2) is 0 Å². The Balaban J connectivity index is 2.51. The molecular weight excluding hydrogens is 218 g/mol. The van der Waals surface area contributed by atoms with Crippen LogP contribution in [0.1, 0.15) is 19.8 Å². The summed E-state index contributed by atoms with van der Waals surface area (Å²) >= 11 is 0. The Labute approximate surface area is 101 Å². The van der Waals surface area contributed by atoms with Crippen LogP contribution in [0.4, 0.5) is 16.2 Å². The zero-order chi connectivity index (χ0) is 12.7. The molecule has 0 aliphatic rings. The van der Waals surface area contributed by atoms with E-state index in [4.69, 9.17) is 10.5 Å². The van der Waals surface area contributed by atoms with Crippen molar-refractivity contribution in [3.63, 3.8) is 0 Å². The van der Waals surface area contributed by atoms with Crippen LogP contribution in [-0.4, -0.2) is 19.7 Å². The molecule has 0 heterocycles. The van der Waals surface area contributed by atoms with E-state index in [1.807, 2.05) is 0 Å². The first kappa shape index (κ1) is 13.2. The van der Waals surface area contributed by atoms with Crippen LogP contribution in [0.2, 0.25) is 0 Å². The minimum absolute atomic E-state index is 0.219. The average Bonchev–Trinajstić information content (AvgIpc) is 2.29. The van der Waals surface area contributed by atoms with Gasteiger partial charge in [-0.15, -0.1) is 0 Å². The number of carbonyl (C=O) groups excluding carboxylic acids is 1. The summed E-state index contributed by atoms with van der Waals surface area (Å²) < 4.78 is 5.03. The van der Waals surface area contributed by atoms with Gasteiger partial charge in [-0.25, -0.2) is 4.79 Å². The van der Waals surface area contributed by atoms with Gasteiger partial charge in [-0.3, -0.25) is 0 Å². The Morgan fingerprint density at radius 3 is 2.82 bits per heavy atom. The molecule has 1 aromatic carbocycles. The van der Waals surface area contributed by atoms with Crippen molar-refractivity contribution in [1.82, 2.24) is 5.32 Å². The zero-order valence-electron chi connectivity index (χ0n) is 10.2. The van der Waals surface area contributed by atoms with Crippen LogP contribution >= 0.6 is 0 Å². The van der Waals surface area contributed by atoms with Gasteiger partial charge in [-0.05, 0) is 24.6 Å². The molecule has 5 heteroatoms.